The van der Waals surface area contributed by atoms with Crippen LogP contribution in [0.4, 0.5) is 0 Å². The summed E-state index contributed by atoms with van der Waals surface area (Å²) in [5.74, 6) is 0.906. The number of primary amides is 1. The number of carbonyl (C=O) groups is 2. The zero-order chi connectivity index (χ0) is 19.8. The van der Waals surface area contributed by atoms with Gasteiger partial charge in [-0.3, -0.25) is 9.59 Å². The van der Waals surface area contributed by atoms with E-state index in [9.17, 15) is 9.59 Å². The Hall–Kier alpha value is -3.02. The second-order valence-corrected chi connectivity index (χ2v) is 6.72. The van der Waals surface area contributed by atoms with Gasteiger partial charge in [0, 0.05) is 5.56 Å². The van der Waals surface area contributed by atoms with Gasteiger partial charge in [0.05, 0.1) is 7.11 Å². The molecule has 6 nitrogen and oxygen atoms in total. The zero-order valence-corrected chi connectivity index (χ0v) is 15.9. The Kier molecular flexibility index (Phi) is 7.23. The maximum Gasteiger partial charge on any atom is 0.251 e. The lowest BCUT2D eigenvalue weighted by molar-refractivity contribution is -0.120. The van der Waals surface area contributed by atoms with Crippen LogP contribution < -0.4 is 20.5 Å². The third kappa shape index (κ3) is 6.33. The first-order chi connectivity index (χ1) is 12.9. The van der Waals surface area contributed by atoms with Crippen molar-refractivity contribution in [1.82, 2.24) is 5.32 Å². The Morgan fingerprint density at radius 1 is 1.00 bits per heavy atom. The van der Waals surface area contributed by atoms with Gasteiger partial charge in [-0.1, -0.05) is 26.0 Å². The number of nitrogens with one attached hydrogen (secondary N) is 1. The molecule has 2 amide bonds. The number of rotatable bonds is 9. The molecule has 0 aromatic heterocycles. The minimum Gasteiger partial charge on any atom is -0.497 e. The van der Waals surface area contributed by atoms with Gasteiger partial charge in [-0.05, 0) is 54.3 Å². The highest BCUT2D eigenvalue weighted by atomic mass is 16.5. The summed E-state index contributed by atoms with van der Waals surface area (Å²) in [6.07, 6.45) is 0.509. The molecule has 144 valence electrons. The van der Waals surface area contributed by atoms with Gasteiger partial charge in [0.1, 0.15) is 24.1 Å². The summed E-state index contributed by atoms with van der Waals surface area (Å²) < 4.78 is 10.8. The average molecular weight is 370 g/mol. The number of hydrogen-bond acceptors (Lipinski definition) is 4. The van der Waals surface area contributed by atoms with E-state index in [4.69, 9.17) is 15.2 Å². The van der Waals surface area contributed by atoms with Gasteiger partial charge < -0.3 is 20.5 Å². The number of nitrogens with two attached hydrogens (primary N) is 1. The van der Waals surface area contributed by atoms with E-state index in [2.05, 4.69) is 5.32 Å². The highest BCUT2D eigenvalue weighted by molar-refractivity contribution is 5.97. The van der Waals surface area contributed by atoms with Gasteiger partial charge in [0.25, 0.3) is 5.91 Å². The van der Waals surface area contributed by atoms with E-state index in [0.717, 1.165) is 17.1 Å². The van der Waals surface area contributed by atoms with E-state index in [1.807, 2.05) is 50.2 Å². The highest BCUT2D eigenvalue weighted by Crippen LogP contribution is 2.18. The van der Waals surface area contributed by atoms with Gasteiger partial charge in [-0.2, -0.15) is 0 Å². The molecule has 0 saturated heterocycles. The summed E-state index contributed by atoms with van der Waals surface area (Å²) in [6, 6.07) is 13.7. The van der Waals surface area contributed by atoms with Gasteiger partial charge in [-0.15, -0.1) is 0 Å². The van der Waals surface area contributed by atoms with Crippen LogP contribution in [0.1, 0.15) is 36.2 Å². The molecule has 2 rings (SSSR count). The lowest BCUT2D eigenvalue weighted by Gasteiger charge is -2.17. The van der Waals surface area contributed by atoms with Crippen LogP contribution in [-0.2, 0) is 11.4 Å². The van der Waals surface area contributed by atoms with Crippen molar-refractivity contribution in [2.24, 2.45) is 11.7 Å². The van der Waals surface area contributed by atoms with Gasteiger partial charge >= 0.3 is 0 Å². The van der Waals surface area contributed by atoms with Crippen molar-refractivity contribution < 1.29 is 19.1 Å². The zero-order valence-electron chi connectivity index (χ0n) is 15.9. The van der Waals surface area contributed by atoms with Crippen LogP contribution in [0.25, 0.3) is 0 Å². The monoisotopic (exact) mass is 370 g/mol. The summed E-state index contributed by atoms with van der Waals surface area (Å²) in [5.41, 5.74) is 6.77. The molecule has 6 heteroatoms. The van der Waals surface area contributed by atoms with Crippen LogP contribution in [-0.4, -0.2) is 25.0 Å². The number of benzene rings is 2. The molecule has 0 spiro atoms. The van der Waals surface area contributed by atoms with Gasteiger partial charge in [0.15, 0.2) is 0 Å². The number of hydrogen-bond donors (Lipinski definition) is 2. The second-order valence-electron chi connectivity index (χ2n) is 6.72. The summed E-state index contributed by atoms with van der Waals surface area (Å²) in [5, 5.41) is 2.70. The summed E-state index contributed by atoms with van der Waals surface area (Å²) in [7, 11) is 1.61. The largest absolute Gasteiger partial charge is 0.497 e. The number of amides is 2. The van der Waals surface area contributed by atoms with E-state index < -0.39 is 11.9 Å². The minimum absolute atomic E-state index is 0.250. The first-order valence-corrected chi connectivity index (χ1v) is 8.85. The molecule has 0 fully saturated rings. The first-order valence-electron chi connectivity index (χ1n) is 8.85. The van der Waals surface area contributed by atoms with Crippen LogP contribution >= 0.6 is 0 Å². The van der Waals surface area contributed by atoms with Crippen molar-refractivity contribution in [2.45, 2.75) is 32.9 Å². The van der Waals surface area contributed by atoms with Crippen molar-refractivity contribution in [3.63, 3.8) is 0 Å². The number of carbonyl (C=O) groups excluding carboxylic acids is 2. The molecule has 1 unspecified atom stereocenters. The predicted octanol–water partition coefficient (Wildman–Crippen LogP) is 2.90. The molecule has 2 aromatic rings. The van der Waals surface area contributed by atoms with Gasteiger partial charge in [-0.25, -0.2) is 0 Å². The van der Waals surface area contributed by atoms with Crippen LogP contribution in [0.5, 0.6) is 11.5 Å². The Labute approximate surface area is 159 Å². The van der Waals surface area contributed by atoms with Crippen LogP contribution in [0.2, 0.25) is 0 Å². The fourth-order valence-electron chi connectivity index (χ4n) is 2.55. The van der Waals surface area contributed by atoms with E-state index in [0.29, 0.717) is 18.6 Å². The maximum absolute atomic E-state index is 12.3. The molecular formula is C21H26N2O4. The predicted molar refractivity (Wildman–Crippen MR) is 104 cm³/mol. The molecule has 0 heterocycles. The Morgan fingerprint density at radius 2 is 1.59 bits per heavy atom. The fourth-order valence-corrected chi connectivity index (χ4v) is 2.55. The minimum atomic E-state index is -0.671. The van der Waals surface area contributed by atoms with Crippen molar-refractivity contribution in [1.29, 1.82) is 0 Å². The van der Waals surface area contributed by atoms with E-state index in [-0.39, 0.29) is 11.8 Å². The second kappa shape index (κ2) is 9.62. The molecule has 3 N–H and O–H groups in total. The standard InChI is InChI=1S/C21H26N2O4/c1-14(2)12-19(20(22)24)23-21(25)16-6-4-15(5-7-16)13-27-18-10-8-17(26-3)9-11-18/h4-11,14,19H,12-13H2,1-3H3,(H2,22,24)(H,23,25). The third-order valence-electron chi connectivity index (χ3n) is 4.04. The molecule has 0 aliphatic carbocycles. The van der Waals surface area contributed by atoms with Crippen LogP contribution in [0, 0.1) is 5.92 Å². The lowest BCUT2D eigenvalue weighted by Crippen LogP contribution is -2.45. The molecule has 0 saturated carbocycles. The first kappa shape index (κ1) is 20.3. The summed E-state index contributed by atoms with van der Waals surface area (Å²) in [4.78, 5) is 23.8. The molecule has 0 bridgehead atoms. The van der Waals surface area contributed by atoms with Crippen molar-refractivity contribution >= 4 is 11.8 Å². The maximum atomic E-state index is 12.3. The molecule has 1 atom stereocenters. The van der Waals surface area contributed by atoms with E-state index in [1.54, 1.807) is 19.2 Å². The lowest BCUT2D eigenvalue weighted by atomic mass is 10.0. The van der Waals surface area contributed by atoms with Crippen molar-refractivity contribution in [2.75, 3.05) is 7.11 Å². The number of methoxy groups -OCH3 is 1. The smallest absolute Gasteiger partial charge is 0.251 e. The summed E-state index contributed by atoms with van der Waals surface area (Å²) >= 11 is 0. The fraction of sp³-hybridized carbons (Fsp3) is 0.333. The molecule has 0 aliphatic rings. The Balaban J connectivity index is 1.93. The molecule has 2 aromatic carbocycles. The third-order valence-corrected chi connectivity index (χ3v) is 4.04. The highest BCUT2D eigenvalue weighted by Gasteiger charge is 2.20. The van der Waals surface area contributed by atoms with Crippen molar-refractivity contribution in [3.05, 3.63) is 59.7 Å². The topological polar surface area (TPSA) is 90.7 Å². The molecule has 27 heavy (non-hydrogen) atoms. The number of ether oxygens (including phenoxy) is 2. The average Bonchev–Trinajstić information content (AvgIpc) is 2.66. The Bertz CT molecular complexity index is 755. The van der Waals surface area contributed by atoms with E-state index in [1.165, 1.54) is 0 Å². The molecular weight excluding hydrogens is 344 g/mol. The Morgan fingerprint density at radius 3 is 2.11 bits per heavy atom. The van der Waals surface area contributed by atoms with Gasteiger partial charge in [0.2, 0.25) is 5.91 Å². The summed E-state index contributed by atoms with van der Waals surface area (Å²) in [6.45, 7) is 4.32. The molecule has 0 aliphatic heterocycles. The normalized spacial score (nSPS) is 11.7. The van der Waals surface area contributed by atoms with Crippen LogP contribution in [0.15, 0.2) is 48.5 Å². The quantitative estimate of drug-likeness (QED) is 0.710. The van der Waals surface area contributed by atoms with E-state index >= 15 is 0 Å². The molecule has 0 radical (unpaired) electrons. The SMILES string of the molecule is COc1ccc(OCc2ccc(C(=O)NC(CC(C)C)C(N)=O)cc2)cc1. The van der Waals surface area contributed by atoms with Crippen LogP contribution in [0.3, 0.4) is 0 Å². The van der Waals surface area contributed by atoms with Crippen molar-refractivity contribution in [3.8, 4) is 11.5 Å².